The molecule has 4 bridgehead atoms. The lowest BCUT2D eigenvalue weighted by Gasteiger charge is -2.55. The van der Waals surface area contributed by atoms with Crippen LogP contribution in [0.5, 0.6) is 0 Å². The quantitative estimate of drug-likeness (QED) is 0.491. The fraction of sp³-hybridized carbons (Fsp3) is 0.588. The molecule has 0 aromatic heterocycles. The highest BCUT2D eigenvalue weighted by Crippen LogP contribution is 2.59. The molecule has 8 heteroatoms. The molecule has 0 unspecified atom stereocenters. The van der Waals surface area contributed by atoms with E-state index in [2.05, 4.69) is 10.5 Å². The number of benzene rings is 1. The maximum absolute atomic E-state index is 11.2. The second-order valence-electron chi connectivity index (χ2n) is 7.87. The SMILES string of the molecule is O=[N+]([O-])c1ccc(N/N=C/C23CC4CC(CC(C4)C2)C3)c([N+](=O)[O-])c1. The molecule has 1 aromatic rings. The van der Waals surface area contributed by atoms with Crippen LogP contribution in [-0.4, -0.2) is 16.1 Å². The zero-order chi connectivity index (χ0) is 17.6. The summed E-state index contributed by atoms with van der Waals surface area (Å²) < 4.78 is 0. The topological polar surface area (TPSA) is 111 Å². The van der Waals surface area contributed by atoms with Gasteiger partial charge in [-0.15, -0.1) is 0 Å². The molecular weight excluding hydrogens is 324 g/mol. The number of rotatable bonds is 5. The summed E-state index contributed by atoms with van der Waals surface area (Å²) in [6, 6.07) is 3.55. The number of anilines is 1. The van der Waals surface area contributed by atoms with Gasteiger partial charge in [0.1, 0.15) is 5.69 Å². The monoisotopic (exact) mass is 344 g/mol. The van der Waals surface area contributed by atoms with Gasteiger partial charge in [-0.2, -0.15) is 5.10 Å². The van der Waals surface area contributed by atoms with E-state index in [0.29, 0.717) is 0 Å². The van der Waals surface area contributed by atoms with E-state index >= 15 is 0 Å². The van der Waals surface area contributed by atoms with Crippen molar-refractivity contribution in [2.75, 3.05) is 5.43 Å². The Balaban J connectivity index is 1.52. The Labute approximate surface area is 144 Å². The fourth-order valence-electron chi connectivity index (χ4n) is 5.45. The van der Waals surface area contributed by atoms with Crippen LogP contribution in [0, 0.1) is 43.4 Å². The van der Waals surface area contributed by atoms with Crippen molar-refractivity contribution in [3.05, 3.63) is 38.4 Å². The van der Waals surface area contributed by atoms with Crippen molar-refractivity contribution in [1.82, 2.24) is 0 Å². The molecule has 1 aromatic carbocycles. The van der Waals surface area contributed by atoms with E-state index in [4.69, 9.17) is 0 Å². The van der Waals surface area contributed by atoms with Crippen molar-refractivity contribution in [3.8, 4) is 0 Å². The Morgan fingerprint density at radius 3 is 2.16 bits per heavy atom. The highest BCUT2D eigenvalue weighted by Gasteiger charge is 2.50. The largest absolute Gasteiger partial charge is 0.301 e. The van der Waals surface area contributed by atoms with Crippen LogP contribution in [0.15, 0.2) is 23.3 Å². The first-order valence-electron chi connectivity index (χ1n) is 8.67. The van der Waals surface area contributed by atoms with Crippen molar-refractivity contribution in [2.45, 2.75) is 38.5 Å². The van der Waals surface area contributed by atoms with Gasteiger partial charge in [0.05, 0.1) is 15.9 Å². The van der Waals surface area contributed by atoms with Crippen LogP contribution in [0.1, 0.15) is 38.5 Å². The van der Waals surface area contributed by atoms with Gasteiger partial charge in [-0.25, -0.2) is 0 Å². The molecule has 4 aliphatic rings. The number of nitro benzene ring substituents is 2. The molecule has 1 N–H and O–H groups in total. The van der Waals surface area contributed by atoms with Gasteiger partial charge in [-0.3, -0.25) is 25.7 Å². The second-order valence-corrected chi connectivity index (χ2v) is 7.87. The minimum Gasteiger partial charge on any atom is -0.272 e. The number of nitro groups is 2. The molecule has 5 rings (SSSR count). The summed E-state index contributed by atoms with van der Waals surface area (Å²) in [4.78, 5) is 20.7. The molecule has 4 aliphatic carbocycles. The van der Waals surface area contributed by atoms with Crippen LogP contribution >= 0.6 is 0 Å². The third-order valence-electron chi connectivity index (χ3n) is 6.00. The zero-order valence-electron chi connectivity index (χ0n) is 13.8. The van der Waals surface area contributed by atoms with Crippen LogP contribution in [-0.2, 0) is 0 Å². The van der Waals surface area contributed by atoms with E-state index in [-0.39, 0.29) is 22.5 Å². The van der Waals surface area contributed by atoms with Gasteiger partial charge in [0.2, 0.25) is 0 Å². The summed E-state index contributed by atoms with van der Waals surface area (Å²) in [5.74, 6) is 2.39. The van der Waals surface area contributed by atoms with E-state index in [1.807, 2.05) is 6.21 Å². The lowest BCUT2D eigenvalue weighted by atomic mass is 9.50. The molecule has 8 nitrogen and oxygen atoms in total. The van der Waals surface area contributed by atoms with Gasteiger partial charge in [0, 0.05) is 17.7 Å². The number of hydrogen-bond donors (Lipinski definition) is 1. The Kier molecular flexibility index (Phi) is 3.70. The number of hydrogen-bond acceptors (Lipinski definition) is 6. The van der Waals surface area contributed by atoms with E-state index in [1.54, 1.807) is 0 Å². The Bertz CT molecular complexity index is 726. The number of nitrogens with one attached hydrogen (secondary N) is 1. The van der Waals surface area contributed by atoms with Crippen LogP contribution in [0.3, 0.4) is 0 Å². The van der Waals surface area contributed by atoms with Gasteiger partial charge < -0.3 is 0 Å². The Morgan fingerprint density at radius 1 is 1.04 bits per heavy atom. The lowest BCUT2D eigenvalue weighted by molar-refractivity contribution is -0.393. The molecule has 0 aliphatic heterocycles. The normalized spacial score (nSPS) is 32.9. The number of hydrazone groups is 1. The van der Waals surface area contributed by atoms with Gasteiger partial charge in [-0.1, -0.05) is 0 Å². The number of nitrogens with zero attached hydrogens (tertiary/aromatic N) is 3. The Hall–Kier alpha value is -2.51. The van der Waals surface area contributed by atoms with Crippen molar-refractivity contribution in [2.24, 2.45) is 28.3 Å². The molecule has 4 saturated carbocycles. The van der Waals surface area contributed by atoms with Crippen molar-refractivity contribution in [3.63, 3.8) is 0 Å². The standard InChI is InChI=1S/C17H20N4O4/c22-20(23)14-1-2-15(16(6-14)21(24)25)19-18-10-17-7-11-3-12(8-17)5-13(4-11)9-17/h1-2,6,10-13,19H,3-5,7-9H2/b18-10+. The molecule has 0 saturated heterocycles. The third-order valence-corrected chi connectivity index (χ3v) is 6.00. The lowest BCUT2D eigenvalue weighted by Crippen LogP contribution is -2.46. The van der Waals surface area contributed by atoms with E-state index in [1.165, 1.54) is 31.4 Å². The average Bonchev–Trinajstić information content (AvgIpc) is 2.53. The van der Waals surface area contributed by atoms with Crippen molar-refractivity contribution >= 4 is 23.3 Å². The fourth-order valence-corrected chi connectivity index (χ4v) is 5.45. The molecule has 132 valence electrons. The molecular formula is C17H20N4O4. The predicted molar refractivity (Wildman–Crippen MR) is 92.5 cm³/mol. The van der Waals surface area contributed by atoms with Gasteiger partial charge in [0.25, 0.3) is 5.69 Å². The molecule has 25 heavy (non-hydrogen) atoms. The van der Waals surface area contributed by atoms with E-state index in [0.717, 1.165) is 43.1 Å². The molecule has 0 heterocycles. The summed E-state index contributed by atoms with van der Waals surface area (Å²) >= 11 is 0. The third kappa shape index (κ3) is 2.96. The smallest absolute Gasteiger partial charge is 0.272 e. The first-order chi connectivity index (χ1) is 11.9. The molecule has 0 spiro atoms. The first kappa shape index (κ1) is 16.0. The van der Waals surface area contributed by atoms with Gasteiger partial charge in [-0.05, 0) is 62.3 Å². The van der Waals surface area contributed by atoms with Crippen LogP contribution in [0.4, 0.5) is 17.1 Å². The summed E-state index contributed by atoms with van der Waals surface area (Å²) in [5, 5.41) is 26.3. The van der Waals surface area contributed by atoms with Crippen LogP contribution in [0.2, 0.25) is 0 Å². The molecule has 0 atom stereocenters. The van der Waals surface area contributed by atoms with Gasteiger partial charge >= 0.3 is 5.69 Å². The molecule has 0 radical (unpaired) electrons. The van der Waals surface area contributed by atoms with Gasteiger partial charge in [0.15, 0.2) is 0 Å². The summed E-state index contributed by atoms with van der Waals surface area (Å²) in [5.41, 5.74) is 2.40. The predicted octanol–water partition coefficient (Wildman–Crippen LogP) is 4.12. The minimum absolute atomic E-state index is 0.122. The van der Waals surface area contributed by atoms with E-state index in [9.17, 15) is 20.2 Å². The maximum atomic E-state index is 11.2. The highest BCUT2D eigenvalue weighted by atomic mass is 16.6. The summed E-state index contributed by atoms with van der Waals surface area (Å²) in [7, 11) is 0. The van der Waals surface area contributed by atoms with Crippen LogP contribution in [0.25, 0.3) is 0 Å². The maximum Gasteiger partial charge on any atom is 0.301 e. The first-order valence-corrected chi connectivity index (χ1v) is 8.67. The Morgan fingerprint density at radius 2 is 1.64 bits per heavy atom. The number of non-ortho nitro benzene ring substituents is 1. The summed E-state index contributed by atoms with van der Waals surface area (Å²) in [6.45, 7) is 0. The second kappa shape index (κ2) is 5.79. The van der Waals surface area contributed by atoms with Crippen molar-refractivity contribution < 1.29 is 9.85 Å². The minimum atomic E-state index is -0.643. The highest BCUT2D eigenvalue weighted by molar-refractivity contribution is 5.70. The molecule has 0 amide bonds. The van der Waals surface area contributed by atoms with Crippen LogP contribution < -0.4 is 5.43 Å². The van der Waals surface area contributed by atoms with E-state index < -0.39 is 9.85 Å². The zero-order valence-corrected chi connectivity index (χ0v) is 13.8. The van der Waals surface area contributed by atoms with Crippen molar-refractivity contribution in [1.29, 1.82) is 0 Å². The average molecular weight is 344 g/mol. The molecule has 4 fully saturated rings. The summed E-state index contributed by atoms with van der Waals surface area (Å²) in [6.07, 6.45) is 9.45.